The van der Waals surface area contributed by atoms with Crippen molar-refractivity contribution in [2.75, 3.05) is 0 Å². The molecule has 7 heteroatoms. The molecule has 2 heterocycles. The minimum absolute atomic E-state index is 0. The predicted octanol–water partition coefficient (Wildman–Crippen LogP) is 2.20. The van der Waals surface area contributed by atoms with Crippen molar-refractivity contribution >= 4 is 11.8 Å². The topological polar surface area (TPSA) is 84.0 Å². The quantitative estimate of drug-likeness (QED) is 0.656. The van der Waals surface area contributed by atoms with Gasteiger partial charge < -0.3 is 10.6 Å². The largest absolute Gasteiger partial charge is 2.00 e. The second-order valence-corrected chi connectivity index (χ2v) is 6.42. The van der Waals surface area contributed by atoms with Crippen LogP contribution in [0.4, 0.5) is 0 Å². The molecular formula is C24H22FeN4O2+2. The number of nitrogens with one attached hydrogen (secondary N) is 2. The third kappa shape index (κ3) is 8.80. The Morgan fingerprint density at radius 3 is 1.26 bits per heavy atom. The number of aromatic nitrogens is 2. The van der Waals surface area contributed by atoms with E-state index in [1.807, 2.05) is 49.9 Å². The summed E-state index contributed by atoms with van der Waals surface area (Å²) in [4.78, 5) is 30.9. The zero-order valence-corrected chi connectivity index (χ0v) is 17.8. The van der Waals surface area contributed by atoms with Gasteiger partial charge in [-0.3, -0.25) is 19.6 Å². The van der Waals surface area contributed by atoms with Crippen molar-refractivity contribution < 1.29 is 26.7 Å². The van der Waals surface area contributed by atoms with E-state index in [0.29, 0.717) is 24.9 Å². The average molecular weight is 454 g/mol. The monoisotopic (exact) mass is 454 g/mol. The molecule has 2 aromatic heterocycles. The summed E-state index contributed by atoms with van der Waals surface area (Å²) in [5, 5.41) is 5.67. The molecule has 2 aliphatic carbocycles. The average Bonchev–Trinajstić information content (AvgIpc) is 3.52. The van der Waals surface area contributed by atoms with Gasteiger partial charge in [0.15, 0.2) is 0 Å². The van der Waals surface area contributed by atoms with Crippen molar-refractivity contribution in [2.24, 2.45) is 0 Å². The van der Waals surface area contributed by atoms with Crippen LogP contribution in [0.15, 0.2) is 49.1 Å². The van der Waals surface area contributed by atoms with Crippen LogP contribution in [0.1, 0.15) is 11.1 Å². The second-order valence-electron chi connectivity index (χ2n) is 6.42. The van der Waals surface area contributed by atoms with Crippen molar-refractivity contribution in [2.45, 2.75) is 13.1 Å². The van der Waals surface area contributed by atoms with Crippen LogP contribution in [0.3, 0.4) is 0 Å². The maximum absolute atomic E-state index is 11.6. The number of rotatable bonds is 6. The van der Waals surface area contributed by atoms with Gasteiger partial charge in [0.05, 0.1) is 11.8 Å². The summed E-state index contributed by atoms with van der Waals surface area (Å²) < 4.78 is 0. The Morgan fingerprint density at radius 1 is 0.613 bits per heavy atom. The molecular weight excluding hydrogens is 432 g/mol. The molecule has 2 N–H and O–H groups in total. The van der Waals surface area contributed by atoms with Crippen LogP contribution in [0.2, 0.25) is 0 Å². The van der Waals surface area contributed by atoms with E-state index in [4.69, 9.17) is 0 Å². The van der Waals surface area contributed by atoms with Crippen LogP contribution in [0.25, 0.3) is 0 Å². The molecule has 6 nitrogen and oxygen atoms in total. The standard InChI is InChI=1S/2C12H11N2O.Fe/c2*15-12(11-3-1-2-4-11)14-9-10-5-7-13-8-6-10;/h2*1-8H,9H2,(H,14,15);/q;;+2. The van der Waals surface area contributed by atoms with Gasteiger partial charge in [-0.1, -0.05) is 0 Å². The maximum Gasteiger partial charge on any atom is 2.00 e. The van der Waals surface area contributed by atoms with E-state index in [-0.39, 0.29) is 28.9 Å². The summed E-state index contributed by atoms with van der Waals surface area (Å²) in [6.07, 6.45) is 21.4. The zero-order chi connectivity index (χ0) is 21.0. The van der Waals surface area contributed by atoms with Crippen molar-refractivity contribution in [1.82, 2.24) is 20.6 Å². The van der Waals surface area contributed by atoms with Crippen molar-refractivity contribution in [3.05, 3.63) is 123 Å². The number of hydrogen-bond acceptors (Lipinski definition) is 4. The van der Waals surface area contributed by atoms with Gasteiger partial charge >= 0.3 is 17.1 Å². The Balaban J connectivity index is 0.000000213. The molecule has 0 bridgehead atoms. The third-order valence-corrected chi connectivity index (χ3v) is 4.25. The normalized spacial score (nSPS) is 16.0. The van der Waals surface area contributed by atoms with Gasteiger partial charge in [-0.15, -0.1) is 0 Å². The molecule has 0 unspecified atom stereocenters. The first-order valence-electron chi connectivity index (χ1n) is 9.50. The molecule has 2 fully saturated rings. The van der Waals surface area contributed by atoms with Crippen LogP contribution in [-0.2, 0) is 39.7 Å². The van der Waals surface area contributed by atoms with Crippen LogP contribution < -0.4 is 10.6 Å². The molecule has 2 aliphatic rings. The summed E-state index contributed by atoms with van der Waals surface area (Å²) in [7, 11) is 0. The summed E-state index contributed by atoms with van der Waals surface area (Å²) in [5.41, 5.74) is 2.09. The Labute approximate surface area is 195 Å². The van der Waals surface area contributed by atoms with Crippen LogP contribution >= 0.6 is 0 Å². The predicted molar refractivity (Wildman–Crippen MR) is 113 cm³/mol. The number of nitrogens with zero attached hydrogens (tertiary/aromatic N) is 2. The van der Waals surface area contributed by atoms with Crippen molar-refractivity contribution in [3.63, 3.8) is 0 Å². The first-order chi connectivity index (χ1) is 14.7. The molecule has 0 spiro atoms. The maximum atomic E-state index is 11.6. The Kier molecular flexibility index (Phi) is 11.3. The van der Waals surface area contributed by atoms with Crippen LogP contribution in [-0.4, -0.2) is 21.8 Å². The van der Waals surface area contributed by atoms with E-state index < -0.39 is 0 Å². The van der Waals surface area contributed by atoms with E-state index in [0.717, 1.165) is 11.1 Å². The van der Waals surface area contributed by atoms with Gasteiger partial charge in [-0.25, -0.2) is 0 Å². The Bertz CT molecular complexity index is 709. The summed E-state index contributed by atoms with van der Waals surface area (Å²) >= 11 is 0. The van der Waals surface area contributed by atoms with Gasteiger partial charge in [-0.05, 0) is 86.8 Å². The first-order valence-corrected chi connectivity index (χ1v) is 9.50. The number of amides is 2. The molecule has 0 saturated heterocycles. The van der Waals surface area contributed by atoms with E-state index in [2.05, 4.69) is 20.6 Å². The molecule has 0 atom stereocenters. The minimum atomic E-state index is -0.0446. The molecule has 2 amide bonds. The molecule has 31 heavy (non-hydrogen) atoms. The van der Waals surface area contributed by atoms with Gasteiger partial charge in [-0.2, -0.15) is 0 Å². The molecule has 0 aliphatic heterocycles. The molecule has 0 aromatic carbocycles. The molecule has 10 radical (unpaired) electrons. The summed E-state index contributed by atoms with van der Waals surface area (Å²) in [5.74, 6) is 1.31. The van der Waals surface area contributed by atoms with E-state index in [1.54, 1.807) is 50.5 Å². The fraction of sp³-hybridized carbons (Fsp3) is 0.0833. The fourth-order valence-electron chi connectivity index (χ4n) is 2.62. The summed E-state index contributed by atoms with van der Waals surface area (Å²) in [6.45, 7) is 1.07. The van der Waals surface area contributed by atoms with Gasteiger partial charge in [0.25, 0.3) is 0 Å². The number of hydrogen-bond donors (Lipinski definition) is 2. The SMILES string of the molecule is O=C(NCc1ccncc1)[C]1[CH][CH][CH][CH]1.O=C(NCc1ccncc1)[C]1[CH][CH][CH][CH]1.[Fe+2]. The van der Waals surface area contributed by atoms with E-state index in [9.17, 15) is 9.59 Å². The fourth-order valence-corrected chi connectivity index (χ4v) is 2.62. The smallest absolute Gasteiger partial charge is 0.351 e. The first kappa shape index (κ1) is 25.0. The van der Waals surface area contributed by atoms with E-state index in [1.165, 1.54) is 0 Å². The molecule has 156 valence electrons. The number of pyridine rings is 2. The van der Waals surface area contributed by atoms with Crippen LogP contribution in [0, 0.1) is 63.2 Å². The molecule has 2 aromatic rings. The Morgan fingerprint density at radius 2 is 0.935 bits per heavy atom. The van der Waals surface area contributed by atoms with E-state index >= 15 is 0 Å². The molecule has 4 rings (SSSR count). The number of carbonyl (C=O) groups excluding carboxylic acids is 2. The Hall–Kier alpha value is -2.24. The van der Waals surface area contributed by atoms with Gasteiger partial charge in [0.2, 0.25) is 11.8 Å². The van der Waals surface area contributed by atoms with Crippen LogP contribution in [0.5, 0.6) is 0 Å². The van der Waals surface area contributed by atoms with Gasteiger partial charge in [0, 0.05) is 37.9 Å². The molecule has 2 saturated carbocycles. The van der Waals surface area contributed by atoms with Gasteiger partial charge in [0.1, 0.15) is 0 Å². The summed E-state index contributed by atoms with van der Waals surface area (Å²) in [6, 6.07) is 7.52. The number of carbonyl (C=O) groups is 2. The second kappa shape index (κ2) is 13.9. The van der Waals surface area contributed by atoms with Crippen molar-refractivity contribution in [3.8, 4) is 0 Å². The zero-order valence-electron chi connectivity index (χ0n) is 16.7. The third-order valence-electron chi connectivity index (χ3n) is 4.25. The minimum Gasteiger partial charge on any atom is -0.351 e. The van der Waals surface area contributed by atoms with Crippen molar-refractivity contribution in [1.29, 1.82) is 0 Å².